The van der Waals surface area contributed by atoms with Gasteiger partial charge in [-0.1, -0.05) is 0 Å². The zero-order chi connectivity index (χ0) is 19.4. The molecule has 0 aromatic heterocycles. The van der Waals surface area contributed by atoms with E-state index in [1.54, 1.807) is 12.1 Å². The molecule has 144 valence electrons. The van der Waals surface area contributed by atoms with E-state index in [0.717, 1.165) is 31.9 Å². The second-order valence-electron chi connectivity index (χ2n) is 6.09. The lowest BCUT2D eigenvalue weighted by atomic mass is 10.2. The number of hydrogen-bond acceptors (Lipinski definition) is 9. The summed E-state index contributed by atoms with van der Waals surface area (Å²) < 4.78 is 5.26. The van der Waals surface area contributed by atoms with Gasteiger partial charge in [0.15, 0.2) is 0 Å². The number of nitrogens with zero attached hydrogens (tertiary/aromatic N) is 3. The van der Waals surface area contributed by atoms with Gasteiger partial charge >= 0.3 is 5.97 Å². The first kappa shape index (κ1) is 19.8. The molecule has 0 bridgehead atoms. The fourth-order valence-electron chi connectivity index (χ4n) is 2.83. The summed E-state index contributed by atoms with van der Waals surface area (Å²) in [5.41, 5.74) is 1.66. The third-order valence-electron chi connectivity index (χ3n) is 4.39. The Kier molecular flexibility index (Phi) is 6.51. The van der Waals surface area contributed by atoms with Crippen molar-refractivity contribution in [1.29, 1.82) is 0 Å². The Morgan fingerprint density at radius 1 is 0.963 bits per heavy atom. The molecule has 1 aliphatic heterocycles. The average molecular weight is 408 g/mol. The lowest BCUT2D eigenvalue weighted by Crippen LogP contribution is -2.47. The zero-order valence-electron chi connectivity index (χ0n) is 14.5. The maximum Gasteiger partial charge on any atom is 0.343 e. The largest absolute Gasteiger partial charge is 0.423 e. The summed E-state index contributed by atoms with van der Waals surface area (Å²) in [6.07, 6.45) is 0. The van der Waals surface area contributed by atoms with Crippen LogP contribution in [0.15, 0.2) is 48.5 Å². The lowest BCUT2D eigenvalue weighted by Gasteiger charge is -2.37. The van der Waals surface area contributed by atoms with Gasteiger partial charge in [-0.05, 0) is 48.5 Å². The Morgan fingerprint density at radius 2 is 1.56 bits per heavy atom. The first-order chi connectivity index (χ1) is 12.9. The monoisotopic (exact) mass is 407 g/mol. The molecule has 0 unspecified atom stereocenters. The molecule has 2 aromatic rings. The Labute approximate surface area is 168 Å². The van der Waals surface area contributed by atoms with Crippen molar-refractivity contribution >= 4 is 42.6 Å². The van der Waals surface area contributed by atoms with Crippen LogP contribution < -0.4 is 14.9 Å². The highest BCUT2D eigenvalue weighted by Gasteiger charge is 2.20. The SMILES string of the molecule is O=C(Oc1ccc(N(O)O)cc1)c1ccc(N2CCN(C(S)S)CC2)cc1. The molecule has 0 radical (unpaired) electrons. The number of hydrogen-bond donors (Lipinski definition) is 4. The smallest absolute Gasteiger partial charge is 0.343 e. The van der Waals surface area contributed by atoms with Crippen molar-refractivity contribution in [3.8, 4) is 5.75 Å². The molecule has 0 spiro atoms. The van der Waals surface area contributed by atoms with Gasteiger partial charge < -0.3 is 9.64 Å². The average Bonchev–Trinajstić information content (AvgIpc) is 2.68. The molecule has 3 rings (SSSR count). The number of rotatable bonds is 5. The van der Waals surface area contributed by atoms with Gasteiger partial charge in [0.05, 0.1) is 16.0 Å². The van der Waals surface area contributed by atoms with Gasteiger partial charge in [-0.2, -0.15) is 0 Å². The predicted octanol–water partition coefficient (Wildman–Crippen LogP) is 2.76. The number of carbonyl (C=O) groups excluding carboxylic acids is 1. The molecule has 0 saturated carbocycles. The first-order valence-electron chi connectivity index (χ1n) is 8.39. The van der Waals surface area contributed by atoms with E-state index in [1.807, 2.05) is 12.1 Å². The Hall–Kier alpha value is -1.91. The second-order valence-corrected chi connectivity index (χ2v) is 7.47. The highest BCUT2D eigenvalue weighted by atomic mass is 32.2. The molecule has 1 aliphatic rings. The zero-order valence-corrected chi connectivity index (χ0v) is 16.3. The van der Waals surface area contributed by atoms with Crippen LogP contribution in [0.2, 0.25) is 0 Å². The van der Waals surface area contributed by atoms with Crippen LogP contribution in [-0.2, 0) is 0 Å². The minimum Gasteiger partial charge on any atom is -0.423 e. The number of carbonyl (C=O) groups is 1. The van der Waals surface area contributed by atoms with Crippen molar-refractivity contribution in [3.05, 3.63) is 54.1 Å². The number of esters is 1. The predicted molar refractivity (Wildman–Crippen MR) is 109 cm³/mol. The maximum absolute atomic E-state index is 12.3. The van der Waals surface area contributed by atoms with Gasteiger partial charge in [-0.3, -0.25) is 15.3 Å². The van der Waals surface area contributed by atoms with Crippen LogP contribution in [0.25, 0.3) is 0 Å². The number of benzene rings is 2. The van der Waals surface area contributed by atoms with E-state index in [0.29, 0.717) is 11.3 Å². The van der Waals surface area contributed by atoms with Gasteiger partial charge in [0.25, 0.3) is 0 Å². The molecule has 0 aliphatic carbocycles. The van der Waals surface area contributed by atoms with Gasteiger partial charge in [-0.15, -0.1) is 30.5 Å². The molecule has 7 nitrogen and oxygen atoms in total. The van der Waals surface area contributed by atoms with E-state index in [1.165, 1.54) is 24.3 Å². The van der Waals surface area contributed by atoms with Crippen molar-refractivity contribution in [1.82, 2.24) is 4.90 Å². The van der Waals surface area contributed by atoms with Crippen LogP contribution in [0.1, 0.15) is 10.4 Å². The highest BCUT2D eigenvalue weighted by molar-refractivity contribution is 7.99. The van der Waals surface area contributed by atoms with Crippen molar-refractivity contribution in [2.24, 2.45) is 0 Å². The van der Waals surface area contributed by atoms with Gasteiger partial charge in [-0.25, -0.2) is 4.79 Å². The van der Waals surface area contributed by atoms with Crippen molar-refractivity contribution in [3.63, 3.8) is 0 Å². The summed E-state index contributed by atoms with van der Waals surface area (Å²) in [7, 11) is 0. The molecule has 0 atom stereocenters. The molecule has 2 aromatic carbocycles. The summed E-state index contributed by atoms with van der Waals surface area (Å²) in [6.45, 7) is 3.52. The van der Waals surface area contributed by atoms with Crippen LogP contribution in [0.3, 0.4) is 0 Å². The van der Waals surface area contributed by atoms with E-state index in [4.69, 9.17) is 15.2 Å². The van der Waals surface area contributed by atoms with Crippen LogP contribution >= 0.6 is 25.3 Å². The fourth-order valence-corrected chi connectivity index (χ4v) is 3.29. The van der Waals surface area contributed by atoms with Gasteiger partial charge in [0, 0.05) is 31.9 Å². The highest BCUT2D eigenvalue weighted by Crippen LogP contribution is 2.21. The van der Waals surface area contributed by atoms with Crippen molar-refractivity contribution in [2.45, 2.75) is 4.71 Å². The summed E-state index contributed by atoms with van der Waals surface area (Å²) in [4.78, 5) is 16.7. The molecule has 1 heterocycles. The molecular weight excluding hydrogens is 386 g/mol. The Bertz CT molecular complexity index is 761. The molecule has 1 fully saturated rings. The standard InChI is InChI=1S/C18H21N3O4S2/c22-17(25-16-7-5-15(6-8-16)21(23)24)13-1-3-14(4-2-13)19-9-11-20(12-10-19)18(26)27/h1-8,18,23-24,26-27H,9-12H2. The van der Waals surface area contributed by atoms with E-state index < -0.39 is 5.97 Å². The number of thiol groups is 2. The maximum atomic E-state index is 12.3. The first-order valence-corrected chi connectivity index (χ1v) is 9.42. The molecular formula is C18H21N3O4S2. The molecule has 0 amide bonds. The van der Waals surface area contributed by atoms with Crippen LogP contribution in [-0.4, -0.2) is 52.2 Å². The second kappa shape index (κ2) is 8.85. The normalized spacial score (nSPS) is 15.1. The topological polar surface area (TPSA) is 76.5 Å². The third kappa shape index (κ3) is 5.08. The van der Waals surface area contributed by atoms with Crippen LogP contribution in [0.4, 0.5) is 11.4 Å². The lowest BCUT2D eigenvalue weighted by molar-refractivity contribution is 0.0291. The van der Waals surface area contributed by atoms with Gasteiger partial charge in [0.1, 0.15) is 5.75 Å². The van der Waals surface area contributed by atoms with E-state index >= 15 is 0 Å². The molecule has 9 heteroatoms. The summed E-state index contributed by atoms with van der Waals surface area (Å²) >= 11 is 8.69. The number of ether oxygens (including phenoxy) is 1. The molecule has 2 N–H and O–H groups in total. The van der Waals surface area contributed by atoms with E-state index in [-0.39, 0.29) is 15.6 Å². The fraction of sp³-hybridized carbons (Fsp3) is 0.278. The number of anilines is 2. The third-order valence-corrected chi connectivity index (χ3v) is 5.04. The number of piperazine rings is 1. The van der Waals surface area contributed by atoms with E-state index in [9.17, 15) is 4.79 Å². The minimum atomic E-state index is -0.475. The van der Waals surface area contributed by atoms with Crippen LogP contribution in [0.5, 0.6) is 5.75 Å². The minimum absolute atomic E-state index is 0.00319. The summed E-state index contributed by atoms with van der Waals surface area (Å²) in [5, 5.41) is 17.8. The van der Waals surface area contributed by atoms with Gasteiger partial charge in [0.2, 0.25) is 0 Å². The van der Waals surface area contributed by atoms with Crippen LogP contribution in [0, 0.1) is 0 Å². The Morgan fingerprint density at radius 3 is 2.07 bits per heavy atom. The summed E-state index contributed by atoms with van der Waals surface area (Å²) in [5.74, 6) is -0.157. The molecule has 1 saturated heterocycles. The van der Waals surface area contributed by atoms with Crippen molar-refractivity contribution in [2.75, 3.05) is 36.3 Å². The summed E-state index contributed by atoms with van der Waals surface area (Å²) in [6, 6.07) is 13.1. The quantitative estimate of drug-likeness (QED) is 0.200. The Balaban J connectivity index is 1.59. The van der Waals surface area contributed by atoms with E-state index in [2.05, 4.69) is 35.1 Å². The van der Waals surface area contributed by atoms with Crippen molar-refractivity contribution < 1.29 is 19.9 Å². The molecule has 27 heavy (non-hydrogen) atoms.